The normalized spacial score (nSPS) is 17.7. The number of allylic oxidation sites excluding steroid dienone is 6. The number of likely N-dealkylation sites (tertiary alicyclic amines) is 1. The van der Waals surface area contributed by atoms with E-state index in [1.807, 2.05) is 18.7 Å². The molecule has 0 unspecified atom stereocenters. The summed E-state index contributed by atoms with van der Waals surface area (Å²) in [5.41, 5.74) is 3.39. The molecule has 1 aliphatic heterocycles. The predicted molar refractivity (Wildman–Crippen MR) is 119 cm³/mol. The third kappa shape index (κ3) is 3.62. The quantitative estimate of drug-likeness (QED) is 0.742. The maximum Gasteiger partial charge on any atom is 0.263 e. The predicted octanol–water partition coefficient (Wildman–Crippen LogP) is 4.32. The van der Waals surface area contributed by atoms with E-state index in [1.54, 1.807) is 17.7 Å². The first-order valence-electron chi connectivity index (χ1n) is 10.6. The second-order valence-corrected chi connectivity index (χ2v) is 8.41. The highest BCUT2D eigenvalue weighted by Gasteiger charge is 2.26. The van der Waals surface area contributed by atoms with Gasteiger partial charge in [0, 0.05) is 23.5 Å². The zero-order valence-corrected chi connectivity index (χ0v) is 17.9. The summed E-state index contributed by atoms with van der Waals surface area (Å²) in [6, 6.07) is 0. The largest absolute Gasteiger partial charge is 0.341 e. The summed E-state index contributed by atoms with van der Waals surface area (Å²) in [7, 11) is 0. The summed E-state index contributed by atoms with van der Waals surface area (Å²) >= 11 is 1.62. The van der Waals surface area contributed by atoms with Crippen LogP contribution in [0.4, 0.5) is 0 Å². The smallest absolute Gasteiger partial charge is 0.263 e. The number of fused-ring (bicyclic) bond motifs is 4. The van der Waals surface area contributed by atoms with Crippen LogP contribution in [-0.4, -0.2) is 33.4 Å². The van der Waals surface area contributed by atoms with Gasteiger partial charge in [-0.1, -0.05) is 38.2 Å². The number of hydrogen-bond donors (Lipinski definition) is 0. The van der Waals surface area contributed by atoms with Gasteiger partial charge in [-0.3, -0.25) is 14.2 Å². The molecule has 2 aliphatic carbocycles. The molecule has 6 heteroatoms. The Morgan fingerprint density at radius 3 is 2.69 bits per heavy atom. The van der Waals surface area contributed by atoms with Gasteiger partial charge in [0.05, 0.1) is 11.7 Å². The molecule has 3 heterocycles. The first-order chi connectivity index (χ1) is 14.2. The fourth-order valence-electron chi connectivity index (χ4n) is 4.24. The number of nitrogens with zero attached hydrogens (tertiary/aromatic N) is 3. The molecular formula is C23H27N3O2S. The van der Waals surface area contributed by atoms with E-state index in [1.165, 1.54) is 15.0 Å². The van der Waals surface area contributed by atoms with Gasteiger partial charge in [0.15, 0.2) is 0 Å². The van der Waals surface area contributed by atoms with Crippen LogP contribution in [0.15, 0.2) is 41.0 Å². The third-order valence-electron chi connectivity index (χ3n) is 5.63. The lowest BCUT2D eigenvalue weighted by molar-refractivity contribution is -0.130. The minimum absolute atomic E-state index is 0.0112. The van der Waals surface area contributed by atoms with E-state index >= 15 is 0 Å². The summed E-state index contributed by atoms with van der Waals surface area (Å²) in [6.45, 7) is 5.67. The molecule has 0 bridgehead atoms. The van der Waals surface area contributed by atoms with Gasteiger partial charge in [0.2, 0.25) is 5.91 Å². The Kier molecular flexibility index (Phi) is 5.81. The van der Waals surface area contributed by atoms with Crippen LogP contribution in [0.25, 0.3) is 15.8 Å². The van der Waals surface area contributed by atoms with E-state index in [0.29, 0.717) is 5.39 Å². The number of aryl methyl sites for hydroxylation is 1. The molecule has 29 heavy (non-hydrogen) atoms. The lowest BCUT2D eigenvalue weighted by Crippen LogP contribution is -2.34. The number of thiophene rings is 1. The Bertz CT molecular complexity index is 1080. The van der Waals surface area contributed by atoms with Crippen LogP contribution < -0.4 is 5.56 Å². The highest BCUT2D eigenvalue weighted by molar-refractivity contribution is 7.19. The average molecular weight is 410 g/mol. The minimum Gasteiger partial charge on any atom is -0.341 e. The second-order valence-electron chi connectivity index (χ2n) is 7.33. The topological polar surface area (TPSA) is 55.2 Å². The number of carbonyl (C=O) groups excluding carboxylic acids is 1. The van der Waals surface area contributed by atoms with Crippen molar-refractivity contribution in [2.45, 2.75) is 52.5 Å². The van der Waals surface area contributed by atoms with E-state index in [0.717, 1.165) is 61.2 Å². The van der Waals surface area contributed by atoms with Crippen LogP contribution >= 0.6 is 11.3 Å². The number of hydrogen-bond acceptors (Lipinski definition) is 4. The zero-order chi connectivity index (χ0) is 20.4. The molecule has 0 radical (unpaired) electrons. The monoisotopic (exact) mass is 409 g/mol. The number of amides is 1. The van der Waals surface area contributed by atoms with Gasteiger partial charge in [-0.05, 0) is 43.3 Å². The second kappa shape index (κ2) is 8.49. The molecule has 5 rings (SSSR count). The van der Waals surface area contributed by atoms with Gasteiger partial charge >= 0.3 is 0 Å². The van der Waals surface area contributed by atoms with Crippen LogP contribution in [0, 0.1) is 0 Å². The van der Waals surface area contributed by atoms with Crippen LogP contribution in [0.3, 0.4) is 0 Å². The number of aromatic nitrogens is 2. The SMILES string of the molecule is CC.O=C(Cn1cnc2sc3c(c2c1=O)C1=C(C=CCC=C1)CC3)N1CCCC1. The van der Waals surface area contributed by atoms with E-state index in [-0.39, 0.29) is 18.0 Å². The molecule has 0 saturated carbocycles. The summed E-state index contributed by atoms with van der Waals surface area (Å²) < 4.78 is 1.49. The standard InChI is InChI=1S/C21H21N3O2S.C2H6/c25-17(23-10-4-5-11-23)12-24-13-22-20-19(21(24)26)18-15-7-3-1-2-6-14(15)8-9-16(18)27-20;1-2/h2-3,6-7,13H,1,4-5,8-12H2;1-2H3. The molecule has 1 amide bonds. The first-order valence-corrected chi connectivity index (χ1v) is 11.4. The molecule has 0 spiro atoms. The number of carbonyl (C=O) groups is 1. The van der Waals surface area contributed by atoms with Gasteiger partial charge < -0.3 is 4.90 Å². The van der Waals surface area contributed by atoms with Crippen molar-refractivity contribution < 1.29 is 4.79 Å². The molecule has 3 aliphatic rings. The Labute approximate surface area is 175 Å². The fourth-order valence-corrected chi connectivity index (χ4v) is 5.38. The van der Waals surface area contributed by atoms with Gasteiger partial charge in [0.1, 0.15) is 11.4 Å². The van der Waals surface area contributed by atoms with Crippen LogP contribution in [0.5, 0.6) is 0 Å². The van der Waals surface area contributed by atoms with Crippen molar-refractivity contribution in [3.8, 4) is 0 Å². The molecule has 1 fully saturated rings. The Hall–Kier alpha value is -2.47. The van der Waals surface area contributed by atoms with Crippen molar-refractivity contribution >= 4 is 33.0 Å². The molecule has 2 aromatic rings. The van der Waals surface area contributed by atoms with Crippen molar-refractivity contribution in [1.29, 1.82) is 0 Å². The first kappa shape index (κ1) is 19.8. The van der Waals surface area contributed by atoms with E-state index in [4.69, 9.17) is 0 Å². The molecule has 0 N–H and O–H groups in total. The molecule has 5 nitrogen and oxygen atoms in total. The minimum atomic E-state index is -0.0968. The van der Waals surface area contributed by atoms with Gasteiger partial charge in [-0.15, -0.1) is 11.3 Å². The summed E-state index contributed by atoms with van der Waals surface area (Å²) in [5, 5.41) is 0.680. The van der Waals surface area contributed by atoms with Crippen molar-refractivity contribution in [3.05, 3.63) is 57.0 Å². The lowest BCUT2D eigenvalue weighted by Gasteiger charge is -2.17. The molecule has 2 aromatic heterocycles. The molecule has 152 valence electrons. The van der Waals surface area contributed by atoms with Crippen LogP contribution in [0.1, 0.15) is 50.0 Å². The van der Waals surface area contributed by atoms with Crippen LogP contribution in [-0.2, 0) is 17.8 Å². The Morgan fingerprint density at radius 2 is 1.90 bits per heavy atom. The summed E-state index contributed by atoms with van der Waals surface area (Å²) in [6.07, 6.45) is 15.1. The van der Waals surface area contributed by atoms with Crippen molar-refractivity contribution in [3.63, 3.8) is 0 Å². The van der Waals surface area contributed by atoms with Gasteiger partial charge in [-0.2, -0.15) is 0 Å². The zero-order valence-electron chi connectivity index (χ0n) is 17.1. The average Bonchev–Trinajstić information content (AvgIpc) is 3.35. The van der Waals surface area contributed by atoms with E-state index in [2.05, 4.69) is 29.3 Å². The maximum absolute atomic E-state index is 13.3. The lowest BCUT2D eigenvalue weighted by atomic mass is 9.89. The molecule has 0 aromatic carbocycles. The molecule has 0 atom stereocenters. The van der Waals surface area contributed by atoms with Gasteiger partial charge in [-0.25, -0.2) is 4.98 Å². The Morgan fingerprint density at radius 1 is 1.14 bits per heavy atom. The van der Waals surface area contributed by atoms with Crippen LogP contribution in [0.2, 0.25) is 0 Å². The van der Waals surface area contributed by atoms with Gasteiger partial charge in [0.25, 0.3) is 5.56 Å². The maximum atomic E-state index is 13.3. The van der Waals surface area contributed by atoms with Crippen molar-refractivity contribution in [1.82, 2.24) is 14.5 Å². The van der Waals surface area contributed by atoms with E-state index in [9.17, 15) is 9.59 Å². The third-order valence-corrected chi connectivity index (χ3v) is 6.79. The highest BCUT2D eigenvalue weighted by Crippen LogP contribution is 2.41. The van der Waals surface area contributed by atoms with Crippen molar-refractivity contribution in [2.75, 3.05) is 13.1 Å². The fraction of sp³-hybridized carbons (Fsp3) is 0.435. The molecular weight excluding hydrogens is 382 g/mol. The van der Waals surface area contributed by atoms with Crippen molar-refractivity contribution in [2.24, 2.45) is 0 Å². The Balaban J connectivity index is 0.000000994. The highest BCUT2D eigenvalue weighted by atomic mass is 32.1. The number of rotatable bonds is 2. The summed E-state index contributed by atoms with van der Waals surface area (Å²) in [5.74, 6) is 0.0112. The summed E-state index contributed by atoms with van der Waals surface area (Å²) in [4.78, 5) is 34.2. The molecule has 1 saturated heterocycles. The van der Waals surface area contributed by atoms with E-state index < -0.39 is 0 Å².